The average Bonchev–Trinajstić information content (AvgIpc) is 3.05. The van der Waals surface area contributed by atoms with Crippen LogP contribution in [-0.2, 0) is 11.2 Å². The van der Waals surface area contributed by atoms with E-state index in [1.807, 2.05) is 12.1 Å². The van der Waals surface area contributed by atoms with Gasteiger partial charge in [0.15, 0.2) is 0 Å². The summed E-state index contributed by atoms with van der Waals surface area (Å²) >= 11 is 1.55. The van der Waals surface area contributed by atoms with Crippen LogP contribution < -0.4 is 4.74 Å². The molecule has 1 fully saturated rings. The van der Waals surface area contributed by atoms with Crippen LogP contribution in [-0.4, -0.2) is 52.6 Å². The Hall–Kier alpha value is -1.24. The molecule has 1 aromatic carbocycles. The monoisotopic (exact) mass is 295 g/mol. The van der Waals surface area contributed by atoms with Gasteiger partial charge in [-0.25, -0.2) is 0 Å². The number of benzene rings is 1. The van der Waals surface area contributed by atoms with Crippen molar-refractivity contribution in [1.29, 1.82) is 0 Å². The molecule has 1 amide bonds. The first-order chi connectivity index (χ1) is 9.69. The van der Waals surface area contributed by atoms with Crippen LogP contribution in [0.5, 0.6) is 5.75 Å². The third-order valence-corrected chi connectivity index (χ3v) is 4.84. The Morgan fingerprint density at radius 1 is 1.50 bits per heavy atom. The first-order valence-corrected chi connectivity index (χ1v) is 7.69. The average molecular weight is 295 g/mol. The fourth-order valence-electron chi connectivity index (χ4n) is 2.57. The van der Waals surface area contributed by atoms with E-state index in [4.69, 9.17) is 9.84 Å². The number of carbonyl (C=O) groups is 1. The molecule has 20 heavy (non-hydrogen) atoms. The van der Waals surface area contributed by atoms with Crippen molar-refractivity contribution >= 4 is 17.7 Å². The van der Waals surface area contributed by atoms with Gasteiger partial charge in [0, 0.05) is 6.42 Å². The van der Waals surface area contributed by atoms with E-state index in [0.717, 1.165) is 17.7 Å². The molecule has 0 aromatic heterocycles. The second kappa shape index (κ2) is 5.63. The van der Waals surface area contributed by atoms with Crippen LogP contribution in [0.4, 0.5) is 0 Å². The number of carbonyl (C=O) groups excluding carboxylic acids is 1. The molecule has 1 unspecified atom stereocenters. The standard InChI is InChI=1S/C14H17NO4S/c16-7-11(17)6-15-13(18)8-20-14(15)10-1-2-12-9(5-10)3-4-19-12/h1-2,5,11,14,16-17H,3-4,6-8H2/t11-,14?/m0/s1. The van der Waals surface area contributed by atoms with Gasteiger partial charge in [-0.15, -0.1) is 11.8 Å². The molecule has 5 nitrogen and oxygen atoms in total. The Morgan fingerprint density at radius 2 is 2.35 bits per heavy atom. The van der Waals surface area contributed by atoms with Crippen molar-refractivity contribution < 1.29 is 19.7 Å². The number of fused-ring (bicyclic) bond motifs is 1. The summed E-state index contributed by atoms with van der Waals surface area (Å²) in [6.07, 6.45) is 0.00578. The number of aliphatic hydroxyl groups excluding tert-OH is 2. The fourth-order valence-corrected chi connectivity index (χ4v) is 3.76. The van der Waals surface area contributed by atoms with Gasteiger partial charge in [0.2, 0.25) is 5.91 Å². The van der Waals surface area contributed by atoms with Gasteiger partial charge in [0.05, 0.1) is 31.6 Å². The molecule has 1 aromatic rings. The lowest BCUT2D eigenvalue weighted by Crippen LogP contribution is -2.37. The number of rotatable bonds is 4. The van der Waals surface area contributed by atoms with Gasteiger partial charge in [-0.05, 0) is 23.3 Å². The highest BCUT2D eigenvalue weighted by molar-refractivity contribution is 8.00. The number of hydrogen-bond donors (Lipinski definition) is 2. The number of thioether (sulfide) groups is 1. The van der Waals surface area contributed by atoms with Crippen molar-refractivity contribution in [2.75, 3.05) is 25.5 Å². The molecule has 108 valence electrons. The molecule has 0 aliphatic carbocycles. The smallest absolute Gasteiger partial charge is 0.233 e. The zero-order valence-corrected chi connectivity index (χ0v) is 11.8. The van der Waals surface area contributed by atoms with Crippen molar-refractivity contribution in [3.8, 4) is 5.75 Å². The molecule has 0 spiro atoms. The Morgan fingerprint density at radius 3 is 3.15 bits per heavy atom. The number of amides is 1. The Labute approximate surface area is 121 Å². The molecule has 0 radical (unpaired) electrons. The maximum Gasteiger partial charge on any atom is 0.233 e. The minimum atomic E-state index is -0.891. The lowest BCUT2D eigenvalue weighted by Gasteiger charge is -2.26. The van der Waals surface area contributed by atoms with Crippen molar-refractivity contribution in [2.24, 2.45) is 0 Å². The summed E-state index contributed by atoms with van der Waals surface area (Å²) in [6.45, 7) is 0.544. The van der Waals surface area contributed by atoms with Gasteiger partial charge in [-0.2, -0.15) is 0 Å². The highest BCUT2D eigenvalue weighted by Crippen LogP contribution is 2.40. The second-order valence-corrected chi connectivity index (χ2v) is 6.08. The van der Waals surface area contributed by atoms with Crippen LogP contribution in [0.15, 0.2) is 18.2 Å². The fraction of sp³-hybridized carbons (Fsp3) is 0.500. The summed E-state index contributed by atoms with van der Waals surface area (Å²) in [5.41, 5.74) is 2.22. The molecule has 2 heterocycles. The number of nitrogens with zero attached hydrogens (tertiary/aromatic N) is 1. The van der Waals surface area contributed by atoms with Crippen LogP contribution in [0.1, 0.15) is 16.5 Å². The highest BCUT2D eigenvalue weighted by atomic mass is 32.2. The van der Waals surface area contributed by atoms with Gasteiger partial charge in [-0.3, -0.25) is 4.79 Å². The quantitative estimate of drug-likeness (QED) is 0.849. The van der Waals surface area contributed by atoms with Crippen molar-refractivity contribution in [3.05, 3.63) is 29.3 Å². The van der Waals surface area contributed by atoms with Gasteiger partial charge in [0.25, 0.3) is 0 Å². The van der Waals surface area contributed by atoms with Crippen LogP contribution in [0.2, 0.25) is 0 Å². The minimum Gasteiger partial charge on any atom is -0.493 e. The summed E-state index contributed by atoms with van der Waals surface area (Å²) in [7, 11) is 0. The predicted octanol–water partition coefficient (Wildman–Crippen LogP) is 0.549. The van der Waals surface area contributed by atoms with Crippen LogP contribution in [0.3, 0.4) is 0 Å². The topological polar surface area (TPSA) is 70.0 Å². The third-order valence-electron chi connectivity index (χ3n) is 3.58. The molecule has 3 rings (SSSR count). The maximum absolute atomic E-state index is 11.9. The SMILES string of the molecule is O=C1CSC(c2ccc3c(c2)CCO3)N1C[C@H](O)CO. The summed E-state index contributed by atoms with van der Waals surface area (Å²) in [4.78, 5) is 13.6. The van der Waals surface area contributed by atoms with Crippen molar-refractivity contribution in [2.45, 2.75) is 17.9 Å². The van der Waals surface area contributed by atoms with Crippen LogP contribution in [0.25, 0.3) is 0 Å². The molecule has 0 saturated carbocycles. The largest absolute Gasteiger partial charge is 0.493 e. The zero-order valence-electron chi connectivity index (χ0n) is 11.0. The van der Waals surface area contributed by atoms with Gasteiger partial charge in [-0.1, -0.05) is 6.07 Å². The lowest BCUT2D eigenvalue weighted by molar-refractivity contribution is -0.129. The molecule has 2 aliphatic heterocycles. The predicted molar refractivity (Wildman–Crippen MR) is 75.6 cm³/mol. The van der Waals surface area contributed by atoms with E-state index < -0.39 is 6.10 Å². The Bertz CT molecular complexity index is 522. The number of ether oxygens (including phenoxy) is 1. The molecule has 2 atom stereocenters. The maximum atomic E-state index is 11.9. The van der Waals surface area contributed by atoms with Crippen molar-refractivity contribution in [1.82, 2.24) is 4.90 Å². The summed E-state index contributed by atoms with van der Waals surface area (Å²) < 4.78 is 5.49. The number of aliphatic hydroxyl groups is 2. The lowest BCUT2D eigenvalue weighted by atomic mass is 10.1. The van der Waals surface area contributed by atoms with Gasteiger partial charge < -0.3 is 19.8 Å². The van der Waals surface area contributed by atoms with E-state index in [1.54, 1.807) is 16.7 Å². The normalized spacial score (nSPS) is 22.8. The first kappa shape index (κ1) is 13.7. The van der Waals surface area contributed by atoms with Crippen molar-refractivity contribution in [3.63, 3.8) is 0 Å². The summed E-state index contributed by atoms with van der Waals surface area (Å²) in [5.74, 6) is 1.34. The molecule has 2 N–H and O–H groups in total. The van der Waals surface area contributed by atoms with Crippen LogP contribution in [0, 0.1) is 0 Å². The molecule has 6 heteroatoms. The van der Waals surface area contributed by atoms with E-state index in [9.17, 15) is 9.90 Å². The first-order valence-electron chi connectivity index (χ1n) is 6.64. The van der Waals surface area contributed by atoms with E-state index in [-0.39, 0.29) is 24.4 Å². The highest BCUT2D eigenvalue weighted by Gasteiger charge is 2.34. The second-order valence-electron chi connectivity index (χ2n) is 5.01. The number of β-amino-alcohol motifs (C(OH)–C–C–N with tert-alkyl or cyclic N) is 1. The number of hydrogen-bond acceptors (Lipinski definition) is 5. The summed E-state index contributed by atoms with van der Waals surface area (Å²) in [5, 5.41) is 18.4. The van der Waals surface area contributed by atoms with E-state index in [1.165, 1.54) is 5.56 Å². The summed E-state index contributed by atoms with van der Waals surface area (Å²) in [6, 6.07) is 6.00. The van der Waals surface area contributed by atoms with Crippen LogP contribution >= 0.6 is 11.8 Å². The van der Waals surface area contributed by atoms with E-state index >= 15 is 0 Å². The molecule has 2 aliphatic rings. The molecule has 0 bridgehead atoms. The molecule has 1 saturated heterocycles. The molecular weight excluding hydrogens is 278 g/mol. The Kier molecular flexibility index (Phi) is 3.87. The Balaban J connectivity index is 1.82. The van der Waals surface area contributed by atoms with E-state index in [2.05, 4.69) is 6.07 Å². The van der Waals surface area contributed by atoms with Gasteiger partial charge in [0.1, 0.15) is 11.1 Å². The zero-order chi connectivity index (χ0) is 14.1. The van der Waals surface area contributed by atoms with E-state index in [0.29, 0.717) is 12.4 Å². The minimum absolute atomic E-state index is 0.00393. The van der Waals surface area contributed by atoms with Gasteiger partial charge >= 0.3 is 0 Å². The third kappa shape index (κ3) is 2.51. The molecular formula is C14H17NO4S.